The summed E-state index contributed by atoms with van der Waals surface area (Å²) in [6.07, 6.45) is 0.263. The Kier molecular flexibility index (Phi) is 6.66. The van der Waals surface area contributed by atoms with E-state index in [1.807, 2.05) is 0 Å². The molecule has 0 fully saturated rings. The van der Waals surface area contributed by atoms with Crippen molar-refractivity contribution in [2.75, 3.05) is 11.9 Å². The predicted molar refractivity (Wildman–Crippen MR) is 121 cm³/mol. The zero-order chi connectivity index (χ0) is 24.4. The molecule has 10 heteroatoms. The number of aryl methyl sites for hydroxylation is 2. The number of amides is 2. The summed E-state index contributed by atoms with van der Waals surface area (Å²) in [7, 11) is 1.60. The molecule has 1 aromatic carbocycles. The van der Waals surface area contributed by atoms with Gasteiger partial charge in [-0.1, -0.05) is 0 Å². The summed E-state index contributed by atoms with van der Waals surface area (Å²) >= 11 is 0. The maximum absolute atomic E-state index is 13.5. The highest BCUT2D eigenvalue weighted by molar-refractivity contribution is 6.43. The van der Waals surface area contributed by atoms with E-state index in [2.05, 4.69) is 20.8 Å². The summed E-state index contributed by atoms with van der Waals surface area (Å²) in [4.78, 5) is 50.0. The van der Waals surface area contributed by atoms with Crippen LogP contribution in [0, 0.1) is 33.5 Å². The van der Waals surface area contributed by atoms with E-state index in [-0.39, 0.29) is 35.6 Å². The molecule has 3 aromatic rings. The number of carbonyl (C=O) groups excluding carboxylic acids is 3. The first-order valence-electron chi connectivity index (χ1n) is 10.3. The van der Waals surface area contributed by atoms with Crippen molar-refractivity contribution in [2.45, 2.75) is 34.1 Å². The summed E-state index contributed by atoms with van der Waals surface area (Å²) in [6, 6.07) is 4.22. The van der Waals surface area contributed by atoms with Crippen LogP contribution in [-0.2, 0) is 18.3 Å². The second-order valence-electron chi connectivity index (χ2n) is 7.93. The fourth-order valence-electron chi connectivity index (χ4n) is 3.81. The van der Waals surface area contributed by atoms with Crippen molar-refractivity contribution >= 4 is 23.3 Å². The van der Waals surface area contributed by atoms with Gasteiger partial charge in [0.2, 0.25) is 0 Å². The molecule has 0 spiro atoms. The van der Waals surface area contributed by atoms with E-state index in [0.29, 0.717) is 33.8 Å². The number of nitrogens with one attached hydrogen (secondary N) is 4. The van der Waals surface area contributed by atoms with Crippen LogP contribution in [0.3, 0.4) is 0 Å². The molecule has 2 amide bonds. The highest BCUT2D eigenvalue weighted by Crippen LogP contribution is 2.23. The third-order valence-corrected chi connectivity index (χ3v) is 5.75. The van der Waals surface area contributed by atoms with Crippen molar-refractivity contribution in [3.63, 3.8) is 0 Å². The third kappa shape index (κ3) is 4.64. The van der Waals surface area contributed by atoms with Gasteiger partial charge in [0.1, 0.15) is 5.82 Å². The Bertz CT molecular complexity index is 1320. The van der Waals surface area contributed by atoms with E-state index in [4.69, 9.17) is 0 Å². The second-order valence-corrected chi connectivity index (χ2v) is 7.93. The molecule has 0 atom stereocenters. The largest absolute Gasteiger partial charge is 0.349 e. The number of ketones is 1. The number of Topliss-reactive ketones (excluding diaryl/α,β-unsaturated/α-hetero) is 1. The zero-order valence-corrected chi connectivity index (χ0v) is 19.1. The van der Waals surface area contributed by atoms with Gasteiger partial charge >= 0.3 is 0 Å². The Morgan fingerprint density at radius 1 is 1.09 bits per heavy atom. The standard InChI is InChI=1S/C23H26FN5O4/c1-11-10-15(6-7-17(11)24)26-22(32)18-12(2)19(29(5)14(18)4)20(30)23(33)25-9-8-16-13(3)27-28-21(16)31/h6-7,10H,8-9H2,1-5H3,(H,25,33)(H,26,32)(H2,27,28,31). The van der Waals surface area contributed by atoms with Crippen LogP contribution >= 0.6 is 0 Å². The fourth-order valence-corrected chi connectivity index (χ4v) is 3.81. The minimum Gasteiger partial charge on any atom is -0.349 e. The lowest BCUT2D eigenvalue weighted by molar-refractivity contribution is -0.117. The van der Waals surface area contributed by atoms with Crippen LogP contribution in [-0.4, -0.2) is 38.9 Å². The van der Waals surface area contributed by atoms with Gasteiger partial charge in [0.25, 0.3) is 23.2 Å². The van der Waals surface area contributed by atoms with Crippen LogP contribution in [0.25, 0.3) is 0 Å². The SMILES string of the molecule is Cc1cc(NC(=O)c2c(C)c(C(=O)C(=O)NCCc3c(C)[nH][nH]c3=O)n(C)c2C)ccc1F. The Morgan fingerprint density at radius 3 is 2.39 bits per heavy atom. The van der Waals surface area contributed by atoms with Crippen LogP contribution in [0.5, 0.6) is 0 Å². The quantitative estimate of drug-likeness (QED) is 0.322. The van der Waals surface area contributed by atoms with Gasteiger partial charge in [-0.05, 0) is 63.4 Å². The maximum Gasteiger partial charge on any atom is 0.294 e. The van der Waals surface area contributed by atoms with E-state index in [1.165, 1.54) is 22.8 Å². The van der Waals surface area contributed by atoms with Gasteiger partial charge in [0, 0.05) is 36.2 Å². The molecule has 2 aromatic heterocycles. The Labute approximate surface area is 189 Å². The molecule has 0 saturated carbocycles. The smallest absolute Gasteiger partial charge is 0.294 e. The van der Waals surface area contributed by atoms with E-state index in [1.54, 1.807) is 34.7 Å². The minimum absolute atomic E-state index is 0.0982. The summed E-state index contributed by atoms with van der Waals surface area (Å²) in [5.41, 5.74) is 2.95. The molecule has 3 rings (SSSR count). The first-order valence-corrected chi connectivity index (χ1v) is 10.3. The molecule has 0 aliphatic heterocycles. The van der Waals surface area contributed by atoms with Crippen molar-refractivity contribution in [1.82, 2.24) is 20.1 Å². The number of hydrogen-bond acceptors (Lipinski definition) is 4. The van der Waals surface area contributed by atoms with Crippen molar-refractivity contribution < 1.29 is 18.8 Å². The monoisotopic (exact) mass is 455 g/mol. The topological polar surface area (TPSA) is 129 Å². The number of halogens is 1. The number of H-pyrrole nitrogens is 2. The molecule has 0 bridgehead atoms. The average molecular weight is 455 g/mol. The van der Waals surface area contributed by atoms with Gasteiger partial charge in [-0.3, -0.25) is 24.3 Å². The molecule has 4 N–H and O–H groups in total. The van der Waals surface area contributed by atoms with Crippen LogP contribution in [0.4, 0.5) is 10.1 Å². The summed E-state index contributed by atoms with van der Waals surface area (Å²) in [5.74, 6) is -2.46. The van der Waals surface area contributed by atoms with Crippen LogP contribution in [0.1, 0.15) is 48.9 Å². The number of hydrogen-bond donors (Lipinski definition) is 4. The van der Waals surface area contributed by atoms with Crippen molar-refractivity contribution in [2.24, 2.45) is 7.05 Å². The number of carbonyl (C=O) groups is 3. The Morgan fingerprint density at radius 2 is 1.79 bits per heavy atom. The highest BCUT2D eigenvalue weighted by atomic mass is 19.1. The molecule has 0 unspecified atom stereocenters. The molecule has 0 aliphatic carbocycles. The second kappa shape index (κ2) is 9.27. The number of aromatic amines is 2. The lowest BCUT2D eigenvalue weighted by Crippen LogP contribution is -2.34. The molecule has 33 heavy (non-hydrogen) atoms. The number of benzene rings is 1. The normalized spacial score (nSPS) is 10.8. The Balaban J connectivity index is 1.76. The molecular formula is C23H26FN5O4. The predicted octanol–water partition coefficient (Wildman–Crippen LogP) is 2.21. The first kappa shape index (κ1) is 23.7. The number of anilines is 1. The Hall–Kier alpha value is -3.95. The van der Waals surface area contributed by atoms with E-state index < -0.39 is 17.6 Å². The van der Waals surface area contributed by atoms with Gasteiger partial charge in [-0.2, -0.15) is 0 Å². The molecule has 9 nitrogen and oxygen atoms in total. The fraction of sp³-hybridized carbons (Fsp3) is 0.304. The van der Waals surface area contributed by atoms with E-state index >= 15 is 0 Å². The lowest BCUT2D eigenvalue weighted by atomic mass is 10.1. The average Bonchev–Trinajstić information content (AvgIpc) is 3.19. The van der Waals surface area contributed by atoms with Gasteiger partial charge < -0.3 is 20.3 Å². The molecular weight excluding hydrogens is 429 g/mol. The van der Waals surface area contributed by atoms with Gasteiger partial charge in [-0.25, -0.2) is 4.39 Å². The third-order valence-electron chi connectivity index (χ3n) is 5.75. The number of aromatic nitrogens is 3. The highest BCUT2D eigenvalue weighted by Gasteiger charge is 2.28. The first-order chi connectivity index (χ1) is 15.5. The van der Waals surface area contributed by atoms with Crippen molar-refractivity contribution in [3.8, 4) is 0 Å². The molecule has 2 heterocycles. The zero-order valence-electron chi connectivity index (χ0n) is 19.1. The summed E-state index contributed by atoms with van der Waals surface area (Å²) < 4.78 is 15.0. The van der Waals surface area contributed by atoms with E-state index in [0.717, 1.165) is 0 Å². The number of nitrogens with zero attached hydrogens (tertiary/aromatic N) is 1. The molecule has 0 aliphatic rings. The molecule has 0 saturated heterocycles. The van der Waals surface area contributed by atoms with Crippen LogP contribution in [0.2, 0.25) is 0 Å². The molecule has 174 valence electrons. The maximum atomic E-state index is 13.5. The van der Waals surface area contributed by atoms with Crippen molar-refractivity contribution in [3.05, 3.63) is 73.7 Å². The lowest BCUT2D eigenvalue weighted by Gasteiger charge is -2.07. The van der Waals surface area contributed by atoms with E-state index in [9.17, 15) is 23.6 Å². The summed E-state index contributed by atoms with van der Waals surface area (Å²) in [6.45, 7) is 6.70. The molecule has 0 radical (unpaired) electrons. The van der Waals surface area contributed by atoms with Crippen LogP contribution < -0.4 is 16.2 Å². The van der Waals surface area contributed by atoms with Crippen molar-refractivity contribution in [1.29, 1.82) is 0 Å². The van der Waals surface area contributed by atoms with Crippen LogP contribution in [0.15, 0.2) is 23.0 Å². The van der Waals surface area contributed by atoms with Gasteiger partial charge in [-0.15, -0.1) is 0 Å². The summed E-state index contributed by atoms with van der Waals surface area (Å²) in [5, 5.41) is 10.4. The minimum atomic E-state index is -0.829. The van der Waals surface area contributed by atoms with Gasteiger partial charge in [0.15, 0.2) is 0 Å². The van der Waals surface area contributed by atoms with Gasteiger partial charge in [0.05, 0.1) is 11.3 Å². The number of rotatable bonds is 7.